The van der Waals surface area contributed by atoms with E-state index in [1.807, 2.05) is 6.92 Å². The van der Waals surface area contributed by atoms with Crippen LogP contribution in [0.1, 0.15) is 60.3 Å². The largest absolute Gasteiger partial charge is 0.357 e. The average molecular weight is 375 g/mol. The van der Waals surface area contributed by atoms with E-state index in [0.29, 0.717) is 18.5 Å². The summed E-state index contributed by atoms with van der Waals surface area (Å²) < 4.78 is 23.6. The molecule has 1 rings (SSSR count). The monoisotopic (exact) mass is 374 g/mol. The predicted molar refractivity (Wildman–Crippen MR) is 107 cm³/mol. The first-order valence-corrected chi connectivity index (χ1v) is 11.3. The molecule has 25 heavy (non-hydrogen) atoms. The fourth-order valence-electron chi connectivity index (χ4n) is 2.91. The first-order chi connectivity index (χ1) is 11.7. The molecule has 1 heterocycles. The molecule has 0 aromatic rings. The van der Waals surface area contributed by atoms with Crippen molar-refractivity contribution in [3.8, 4) is 0 Å². The molecule has 0 aromatic heterocycles. The number of guanidine groups is 1. The van der Waals surface area contributed by atoms with E-state index in [2.05, 4.69) is 27.4 Å². The van der Waals surface area contributed by atoms with Crippen LogP contribution in [-0.4, -0.2) is 68.5 Å². The van der Waals surface area contributed by atoms with Gasteiger partial charge in [-0.05, 0) is 60.4 Å². The van der Waals surface area contributed by atoms with E-state index in [1.54, 1.807) is 20.8 Å². The second-order valence-electron chi connectivity index (χ2n) is 7.85. The van der Waals surface area contributed by atoms with Crippen molar-refractivity contribution in [3.05, 3.63) is 0 Å². The van der Waals surface area contributed by atoms with Crippen molar-refractivity contribution in [2.75, 3.05) is 38.5 Å². The molecule has 1 aliphatic heterocycles. The zero-order valence-electron chi connectivity index (χ0n) is 16.8. The maximum atomic E-state index is 12.2. The number of rotatable bonds is 8. The molecule has 0 radical (unpaired) electrons. The van der Waals surface area contributed by atoms with Crippen LogP contribution in [0.5, 0.6) is 0 Å². The number of aliphatic imine (C=N–C) groups is 1. The molecule has 1 atom stereocenters. The third-order valence-electron chi connectivity index (χ3n) is 4.75. The van der Waals surface area contributed by atoms with Gasteiger partial charge >= 0.3 is 0 Å². The zero-order chi connectivity index (χ0) is 18.9. The molecule has 1 aliphatic rings. The molecule has 6 nitrogen and oxygen atoms in total. The third-order valence-corrected chi connectivity index (χ3v) is 7.36. The Labute approximate surface area is 154 Å². The first kappa shape index (κ1) is 22.2. The van der Waals surface area contributed by atoms with Crippen molar-refractivity contribution >= 4 is 15.8 Å². The van der Waals surface area contributed by atoms with Gasteiger partial charge in [-0.1, -0.05) is 6.42 Å². The van der Waals surface area contributed by atoms with Crippen LogP contribution in [0.3, 0.4) is 0 Å². The standard InChI is InChI=1S/C18H38N4O2S/c1-6-19-17(21-12-15-25(23,24)18(3,4)5)20-11-9-14-22-13-8-7-10-16(22)2/h16H,6-15H2,1-5H3,(H2,19,20,21). The highest BCUT2D eigenvalue weighted by atomic mass is 32.2. The van der Waals surface area contributed by atoms with E-state index in [0.717, 1.165) is 26.1 Å². The van der Waals surface area contributed by atoms with Gasteiger partial charge < -0.3 is 15.5 Å². The van der Waals surface area contributed by atoms with Crippen molar-refractivity contribution in [2.24, 2.45) is 4.99 Å². The predicted octanol–water partition coefficient (Wildman–Crippen LogP) is 2.02. The lowest BCUT2D eigenvalue weighted by atomic mass is 10.0. The Kier molecular flexibility index (Phi) is 9.21. The molecule has 0 aliphatic carbocycles. The Morgan fingerprint density at radius 3 is 2.56 bits per heavy atom. The van der Waals surface area contributed by atoms with Gasteiger partial charge in [0, 0.05) is 32.2 Å². The maximum Gasteiger partial charge on any atom is 0.191 e. The van der Waals surface area contributed by atoms with Crippen LogP contribution in [0.4, 0.5) is 0 Å². The molecule has 1 saturated heterocycles. The van der Waals surface area contributed by atoms with Crippen LogP contribution in [-0.2, 0) is 9.84 Å². The molecule has 0 saturated carbocycles. The van der Waals surface area contributed by atoms with Gasteiger partial charge in [-0.25, -0.2) is 8.42 Å². The summed E-state index contributed by atoms with van der Waals surface area (Å²) in [5, 5.41) is 6.33. The molecule has 0 spiro atoms. The lowest BCUT2D eigenvalue weighted by Gasteiger charge is -2.33. The number of hydrogen-bond donors (Lipinski definition) is 2. The van der Waals surface area contributed by atoms with Gasteiger partial charge in [0.05, 0.1) is 10.5 Å². The Hall–Kier alpha value is -0.820. The Bertz CT molecular complexity index is 512. The van der Waals surface area contributed by atoms with Gasteiger partial charge in [-0.15, -0.1) is 0 Å². The number of nitrogens with one attached hydrogen (secondary N) is 2. The highest BCUT2D eigenvalue weighted by Crippen LogP contribution is 2.16. The van der Waals surface area contributed by atoms with Gasteiger partial charge in [-0.3, -0.25) is 4.99 Å². The fraction of sp³-hybridized carbons (Fsp3) is 0.944. The average Bonchev–Trinajstić information content (AvgIpc) is 2.51. The Morgan fingerprint density at radius 1 is 1.24 bits per heavy atom. The van der Waals surface area contributed by atoms with E-state index < -0.39 is 14.6 Å². The molecule has 0 amide bonds. The van der Waals surface area contributed by atoms with Gasteiger partial charge in [0.1, 0.15) is 0 Å². The zero-order valence-corrected chi connectivity index (χ0v) is 17.6. The summed E-state index contributed by atoms with van der Waals surface area (Å²) in [5.74, 6) is 0.824. The van der Waals surface area contributed by atoms with Gasteiger partial charge in [0.25, 0.3) is 0 Å². The lowest BCUT2D eigenvalue weighted by molar-refractivity contribution is 0.160. The number of hydrogen-bond acceptors (Lipinski definition) is 4. The normalized spacial score (nSPS) is 20.5. The molecular formula is C18H38N4O2S. The van der Waals surface area contributed by atoms with Crippen LogP contribution >= 0.6 is 0 Å². The quantitative estimate of drug-likeness (QED) is 0.386. The first-order valence-electron chi connectivity index (χ1n) is 9.66. The van der Waals surface area contributed by atoms with Crippen molar-refractivity contribution in [3.63, 3.8) is 0 Å². The smallest absolute Gasteiger partial charge is 0.191 e. The van der Waals surface area contributed by atoms with E-state index in [9.17, 15) is 8.42 Å². The van der Waals surface area contributed by atoms with Gasteiger partial charge in [0.2, 0.25) is 0 Å². The summed E-state index contributed by atoms with van der Waals surface area (Å²) in [6.45, 7) is 13.7. The SMILES string of the molecule is CCNC(=NCCCN1CCCCC1C)NCCS(=O)(=O)C(C)(C)C. The Balaban J connectivity index is 2.38. The van der Waals surface area contributed by atoms with Crippen LogP contribution in [0, 0.1) is 0 Å². The Morgan fingerprint density at radius 2 is 1.96 bits per heavy atom. The minimum Gasteiger partial charge on any atom is -0.357 e. The summed E-state index contributed by atoms with van der Waals surface area (Å²) in [6.07, 6.45) is 4.98. The number of nitrogens with zero attached hydrogens (tertiary/aromatic N) is 2. The molecule has 0 bridgehead atoms. The summed E-state index contributed by atoms with van der Waals surface area (Å²) in [4.78, 5) is 7.13. The van der Waals surface area contributed by atoms with Crippen LogP contribution < -0.4 is 10.6 Å². The van der Waals surface area contributed by atoms with Gasteiger partial charge in [0.15, 0.2) is 15.8 Å². The van der Waals surface area contributed by atoms with E-state index >= 15 is 0 Å². The van der Waals surface area contributed by atoms with E-state index in [-0.39, 0.29) is 5.75 Å². The molecule has 0 aromatic carbocycles. The van der Waals surface area contributed by atoms with Crippen LogP contribution in [0.2, 0.25) is 0 Å². The van der Waals surface area contributed by atoms with Crippen molar-refractivity contribution in [1.29, 1.82) is 0 Å². The second kappa shape index (κ2) is 10.4. The summed E-state index contributed by atoms with van der Waals surface area (Å²) in [7, 11) is -3.11. The van der Waals surface area contributed by atoms with Crippen LogP contribution in [0.15, 0.2) is 4.99 Å². The van der Waals surface area contributed by atoms with Crippen molar-refractivity contribution in [2.45, 2.75) is 71.1 Å². The molecule has 1 unspecified atom stereocenters. The maximum absolute atomic E-state index is 12.2. The molecule has 2 N–H and O–H groups in total. The third kappa shape index (κ3) is 7.94. The highest BCUT2D eigenvalue weighted by molar-refractivity contribution is 7.92. The topological polar surface area (TPSA) is 73.8 Å². The number of piperidine rings is 1. The summed E-state index contributed by atoms with van der Waals surface area (Å²) >= 11 is 0. The lowest BCUT2D eigenvalue weighted by Crippen LogP contribution is -2.42. The fourth-order valence-corrected chi connectivity index (χ4v) is 3.89. The summed E-state index contributed by atoms with van der Waals surface area (Å²) in [5.41, 5.74) is 0. The minimum atomic E-state index is -3.11. The molecular weight excluding hydrogens is 336 g/mol. The molecule has 7 heteroatoms. The van der Waals surface area contributed by atoms with Crippen molar-refractivity contribution in [1.82, 2.24) is 15.5 Å². The second-order valence-corrected chi connectivity index (χ2v) is 10.7. The molecule has 1 fully saturated rings. The van der Waals surface area contributed by atoms with E-state index in [1.165, 1.54) is 25.8 Å². The molecule has 148 valence electrons. The minimum absolute atomic E-state index is 0.117. The number of sulfone groups is 1. The van der Waals surface area contributed by atoms with Crippen LogP contribution in [0.25, 0.3) is 0 Å². The highest BCUT2D eigenvalue weighted by Gasteiger charge is 2.28. The number of likely N-dealkylation sites (tertiary alicyclic amines) is 1. The van der Waals surface area contributed by atoms with Crippen molar-refractivity contribution < 1.29 is 8.42 Å². The van der Waals surface area contributed by atoms with E-state index in [4.69, 9.17) is 0 Å². The van der Waals surface area contributed by atoms with Gasteiger partial charge in [-0.2, -0.15) is 0 Å². The summed E-state index contributed by atoms with van der Waals surface area (Å²) in [6, 6.07) is 0.687.